The highest BCUT2D eigenvalue weighted by molar-refractivity contribution is 9.10. The first-order valence-corrected chi connectivity index (χ1v) is 7.70. The zero-order chi connectivity index (χ0) is 13.7. The third kappa shape index (κ3) is 3.71. The van der Waals surface area contributed by atoms with Gasteiger partial charge in [0.05, 0.1) is 13.7 Å². The van der Waals surface area contributed by atoms with Crippen LogP contribution in [-0.4, -0.2) is 26.9 Å². The molecule has 0 aliphatic carbocycles. The highest BCUT2D eigenvalue weighted by Crippen LogP contribution is 2.35. The van der Waals surface area contributed by atoms with E-state index < -0.39 is 0 Å². The lowest BCUT2D eigenvalue weighted by molar-refractivity contribution is 0.176. The van der Waals surface area contributed by atoms with E-state index in [-0.39, 0.29) is 0 Å². The lowest BCUT2D eigenvalue weighted by Crippen LogP contribution is -2.29. The zero-order valence-electron chi connectivity index (χ0n) is 11.6. The number of ether oxygens (including phenoxy) is 2. The summed E-state index contributed by atoms with van der Waals surface area (Å²) in [7, 11) is 1.73. The topological polar surface area (TPSA) is 30.5 Å². The molecule has 2 atom stereocenters. The molecular weight excluding hydrogens is 306 g/mol. The highest BCUT2D eigenvalue weighted by Gasteiger charge is 2.28. The first-order chi connectivity index (χ1) is 9.26. The summed E-state index contributed by atoms with van der Waals surface area (Å²) in [6, 6.07) is 6.50. The van der Waals surface area contributed by atoms with E-state index in [4.69, 9.17) is 9.47 Å². The molecule has 1 aromatic rings. The van der Waals surface area contributed by atoms with Gasteiger partial charge in [0.15, 0.2) is 0 Å². The molecule has 4 heteroatoms. The Kier molecular flexibility index (Phi) is 5.67. The minimum absolute atomic E-state index is 0.301. The predicted octanol–water partition coefficient (Wildman–Crippen LogP) is 3.53. The van der Waals surface area contributed by atoms with Gasteiger partial charge in [-0.25, -0.2) is 0 Å². The molecule has 1 aromatic carbocycles. The van der Waals surface area contributed by atoms with Crippen LogP contribution in [0.2, 0.25) is 0 Å². The molecule has 106 valence electrons. The molecule has 2 unspecified atom stereocenters. The van der Waals surface area contributed by atoms with Gasteiger partial charge >= 0.3 is 0 Å². The number of halogens is 1. The molecule has 1 heterocycles. The second-order valence-corrected chi connectivity index (χ2v) is 5.86. The van der Waals surface area contributed by atoms with Crippen molar-refractivity contribution < 1.29 is 9.47 Å². The second kappa shape index (κ2) is 7.27. The van der Waals surface area contributed by atoms with E-state index in [1.54, 1.807) is 7.11 Å². The molecule has 1 saturated heterocycles. The molecular formula is C15H22BrNO2. The Morgan fingerprint density at radius 3 is 3.00 bits per heavy atom. The summed E-state index contributed by atoms with van der Waals surface area (Å²) >= 11 is 3.56. The molecule has 0 bridgehead atoms. The third-order valence-corrected chi connectivity index (χ3v) is 4.07. The number of rotatable bonds is 6. The first kappa shape index (κ1) is 14.8. The molecule has 1 N–H and O–H groups in total. The van der Waals surface area contributed by atoms with E-state index >= 15 is 0 Å². The summed E-state index contributed by atoms with van der Waals surface area (Å²) in [4.78, 5) is 0. The lowest BCUT2D eigenvalue weighted by atomic mass is 9.91. The molecule has 19 heavy (non-hydrogen) atoms. The van der Waals surface area contributed by atoms with Crippen LogP contribution in [0.15, 0.2) is 22.7 Å². The Morgan fingerprint density at radius 1 is 1.53 bits per heavy atom. The van der Waals surface area contributed by atoms with Crippen molar-refractivity contribution in [2.45, 2.75) is 25.8 Å². The summed E-state index contributed by atoms with van der Waals surface area (Å²) in [5.41, 5.74) is 1.22. The number of methoxy groups -OCH3 is 1. The third-order valence-electron chi connectivity index (χ3n) is 3.58. The van der Waals surface area contributed by atoms with Crippen LogP contribution in [-0.2, 0) is 4.74 Å². The van der Waals surface area contributed by atoms with Gasteiger partial charge in [-0.2, -0.15) is 0 Å². The fourth-order valence-electron chi connectivity index (χ4n) is 2.59. The Balaban J connectivity index is 2.27. The average molecular weight is 328 g/mol. The molecule has 2 rings (SSSR count). The minimum Gasteiger partial charge on any atom is -0.496 e. The van der Waals surface area contributed by atoms with Crippen molar-refractivity contribution in [3.63, 3.8) is 0 Å². The van der Waals surface area contributed by atoms with Crippen LogP contribution in [0.4, 0.5) is 0 Å². The van der Waals surface area contributed by atoms with Crippen LogP contribution in [0, 0.1) is 5.92 Å². The van der Waals surface area contributed by atoms with Gasteiger partial charge < -0.3 is 14.8 Å². The standard InChI is InChI=1S/C15H22BrNO2/c1-3-7-17-15(11-6-8-19-10-11)13-9-12(16)4-5-14(13)18-2/h4-5,9,11,15,17H,3,6-8,10H2,1-2H3. The van der Waals surface area contributed by atoms with Crippen molar-refractivity contribution in [1.29, 1.82) is 0 Å². The maximum Gasteiger partial charge on any atom is 0.123 e. The highest BCUT2D eigenvalue weighted by atomic mass is 79.9. The Hall–Kier alpha value is -0.580. The summed E-state index contributed by atoms with van der Waals surface area (Å²) < 4.78 is 12.2. The van der Waals surface area contributed by atoms with E-state index in [1.165, 1.54) is 5.56 Å². The van der Waals surface area contributed by atoms with Crippen LogP contribution in [0.3, 0.4) is 0 Å². The Bertz CT molecular complexity index is 405. The van der Waals surface area contributed by atoms with Crippen LogP contribution in [0.5, 0.6) is 5.75 Å². The van der Waals surface area contributed by atoms with Gasteiger partial charge in [-0.3, -0.25) is 0 Å². The largest absolute Gasteiger partial charge is 0.496 e. The smallest absolute Gasteiger partial charge is 0.123 e. The maximum atomic E-state index is 5.55. The molecule has 0 saturated carbocycles. The van der Waals surface area contributed by atoms with Crippen molar-refractivity contribution in [3.05, 3.63) is 28.2 Å². The molecule has 1 fully saturated rings. The second-order valence-electron chi connectivity index (χ2n) is 4.94. The van der Waals surface area contributed by atoms with Gasteiger partial charge in [-0.1, -0.05) is 22.9 Å². The van der Waals surface area contributed by atoms with E-state index in [0.29, 0.717) is 12.0 Å². The van der Waals surface area contributed by atoms with Crippen molar-refractivity contribution in [1.82, 2.24) is 5.32 Å². The molecule has 0 spiro atoms. The Morgan fingerprint density at radius 2 is 2.37 bits per heavy atom. The number of nitrogens with one attached hydrogen (secondary N) is 1. The van der Waals surface area contributed by atoms with Gasteiger partial charge in [0, 0.05) is 28.6 Å². The van der Waals surface area contributed by atoms with Gasteiger partial charge in [-0.05, 0) is 37.6 Å². The maximum absolute atomic E-state index is 5.55. The fraction of sp³-hybridized carbons (Fsp3) is 0.600. The van der Waals surface area contributed by atoms with E-state index in [2.05, 4.69) is 34.2 Å². The van der Waals surface area contributed by atoms with Gasteiger partial charge in [-0.15, -0.1) is 0 Å². The van der Waals surface area contributed by atoms with Crippen molar-refractivity contribution in [2.24, 2.45) is 5.92 Å². The normalized spacial score (nSPS) is 20.5. The van der Waals surface area contributed by atoms with E-state index in [0.717, 1.165) is 42.8 Å². The molecule has 0 amide bonds. The zero-order valence-corrected chi connectivity index (χ0v) is 13.2. The molecule has 1 aliphatic heterocycles. The molecule has 3 nitrogen and oxygen atoms in total. The summed E-state index contributed by atoms with van der Waals surface area (Å²) in [6.07, 6.45) is 2.23. The van der Waals surface area contributed by atoms with Gasteiger partial charge in [0.2, 0.25) is 0 Å². The Labute approximate surface area is 123 Å². The number of hydrogen-bond acceptors (Lipinski definition) is 3. The lowest BCUT2D eigenvalue weighted by Gasteiger charge is -2.26. The van der Waals surface area contributed by atoms with Crippen LogP contribution in [0.1, 0.15) is 31.4 Å². The quantitative estimate of drug-likeness (QED) is 0.866. The fourth-order valence-corrected chi connectivity index (χ4v) is 2.97. The number of hydrogen-bond donors (Lipinski definition) is 1. The van der Waals surface area contributed by atoms with Crippen molar-refractivity contribution in [2.75, 3.05) is 26.9 Å². The molecule has 0 aromatic heterocycles. The summed E-state index contributed by atoms with van der Waals surface area (Å²) in [6.45, 7) is 4.90. The minimum atomic E-state index is 0.301. The number of benzene rings is 1. The summed E-state index contributed by atoms with van der Waals surface area (Å²) in [5, 5.41) is 3.65. The first-order valence-electron chi connectivity index (χ1n) is 6.90. The van der Waals surface area contributed by atoms with Crippen LogP contribution >= 0.6 is 15.9 Å². The molecule has 0 radical (unpaired) electrons. The van der Waals surface area contributed by atoms with E-state index in [9.17, 15) is 0 Å². The van der Waals surface area contributed by atoms with Crippen molar-refractivity contribution >= 4 is 15.9 Å². The summed E-state index contributed by atoms with van der Waals surface area (Å²) in [5.74, 6) is 1.47. The van der Waals surface area contributed by atoms with Crippen molar-refractivity contribution in [3.8, 4) is 5.75 Å². The van der Waals surface area contributed by atoms with Crippen LogP contribution in [0.25, 0.3) is 0 Å². The predicted molar refractivity (Wildman–Crippen MR) is 80.7 cm³/mol. The molecule has 1 aliphatic rings. The van der Waals surface area contributed by atoms with E-state index in [1.807, 2.05) is 12.1 Å². The SMILES string of the molecule is CCCNC(c1cc(Br)ccc1OC)C1CCOC1. The van der Waals surface area contributed by atoms with Crippen LogP contribution < -0.4 is 10.1 Å². The van der Waals surface area contributed by atoms with Gasteiger partial charge in [0.25, 0.3) is 0 Å². The average Bonchev–Trinajstić information content (AvgIpc) is 2.93. The monoisotopic (exact) mass is 327 g/mol. The van der Waals surface area contributed by atoms with Gasteiger partial charge in [0.1, 0.15) is 5.75 Å².